The number of hydrogen-bond acceptors (Lipinski definition) is 1. The Morgan fingerprint density at radius 2 is 1.80 bits per heavy atom. The van der Waals surface area contributed by atoms with Crippen molar-refractivity contribution in [1.82, 2.24) is 0 Å². The van der Waals surface area contributed by atoms with E-state index in [0.29, 0.717) is 0 Å². The summed E-state index contributed by atoms with van der Waals surface area (Å²) >= 11 is 0. The fourth-order valence-electron chi connectivity index (χ4n) is 1.23. The highest BCUT2D eigenvalue weighted by Gasteiger charge is 2.21. The van der Waals surface area contributed by atoms with Crippen molar-refractivity contribution in [2.45, 2.75) is 31.3 Å². The van der Waals surface area contributed by atoms with E-state index in [9.17, 15) is 5.11 Å². The first-order valence-electron chi connectivity index (χ1n) is 3.78. The lowest BCUT2D eigenvalue weighted by Gasteiger charge is -2.21. The summed E-state index contributed by atoms with van der Waals surface area (Å²) in [6.45, 7) is 3.62. The lowest BCUT2D eigenvalue weighted by molar-refractivity contribution is 0.0767. The van der Waals surface area contributed by atoms with E-state index in [1.807, 2.05) is 0 Å². The van der Waals surface area contributed by atoms with Crippen LogP contribution < -0.4 is 0 Å². The van der Waals surface area contributed by atoms with Crippen molar-refractivity contribution in [1.29, 1.82) is 0 Å². The second-order valence-corrected chi connectivity index (χ2v) is 2.86. The van der Waals surface area contributed by atoms with Crippen LogP contribution in [0.3, 0.4) is 0 Å². The molecule has 0 aromatic heterocycles. The number of hydrogen-bond donors (Lipinski definition) is 1. The van der Waals surface area contributed by atoms with Gasteiger partial charge in [0.15, 0.2) is 0 Å². The van der Waals surface area contributed by atoms with E-state index < -0.39 is 5.60 Å². The lowest BCUT2D eigenvalue weighted by atomic mass is 9.95. The summed E-state index contributed by atoms with van der Waals surface area (Å²) in [5.74, 6) is 0. The molecule has 1 rings (SSSR count). The van der Waals surface area contributed by atoms with Crippen LogP contribution in [0.5, 0.6) is 0 Å². The van der Waals surface area contributed by atoms with Crippen molar-refractivity contribution in [3.8, 4) is 0 Å². The van der Waals surface area contributed by atoms with Crippen molar-refractivity contribution in [2.75, 3.05) is 0 Å². The highest BCUT2D eigenvalue weighted by molar-refractivity contribution is 5.01. The summed E-state index contributed by atoms with van der Waals surface area (Å²) in [5, 5.41) is 9.70. The zero-order valence-electron chi connectivity index (χ0n) is 6.21. The van der Waals surface area contributed by atoms with Crippen molar-refractivity contribution in [2.24, 2.45) is 0 Å². The standard InChI is InChI=1S/C9H14O/c1-2-9(10)7-5-3-4-6-8-9/h2-4,10H,1,5-8H2. The van der Waals surface area contributed by atoms with Crippen molar-refractivity contribution in [3.05, 3.63) is 24.8 Å². The van der Waals surface area contributed by atoms with Crippen LogP contribution in [-0.4, -0.2) is 10.7 Å². The molecule has 0 aliphatic heterocycles. The molecule has 0 unspecified atom stereocenters. The normalized spacial score (nSPS) is 23.7. The number of allylic oxidation sites excluding steroid dienone is 2. The molecule has 1 N–H and O–H groups in total. The molecule has 0 aromatic carbocycles. The third-order valence-electron chi connectivity index (χ3n) is 2.03. The van der Waals surface area contributed by atoms with Crippen LogP contribution in [0.1, 0.15) is 25.7 Å². The number of rotatable bonds is 1. The van der Waals surface area contributed by atoms with E-state index >= 15 is 0 Å². The van der Waals surface area contributed by atoms with Gasteiger partial charge in [0, 0.05) is 0 Å². The fraction of sp³-hybridized carbons (Fsp3) is 0.556. The molecule has 1 nitrogen and oxygen atoms in total. The van der Waals surface area contributed by atoms with Gasteiger partial charge in [-0.05, 0) is 25.7 Å². The molecule has 1 aliphatic carbocycles. The Morgan fingerprint density at radius 3 is 2.20 bits per heavy atom. The van der Waals surface area contributed by atoms with Gasteiger partial charge < -0.3 is 5.11 Å². The summed E-state index contributed by atoms with van der Waals surface area (Å²) in [6.07, 6.45) is 9.52. The Balaban J connectivity index is 2.55. The molecular weight excluding hydrogens is 124 g/mol. The molecular formula is C9H14O. The molecule has 0 atom stereocenters. The van der Waals surface area contributed by atoms with Gasteiger partial charge >= 0.3 is 0 Å². The maximum atomic E-state index is 9.70. The van der Waals surface area contributed by atoms with Crippen molar-refractivity contribution >= 4 is 0 Å². The summed E-state index contributed by atoms with van der Waals surface area (Å²) in [4.78, 5) is 0. The molecule has 0 saturated carbocycles. The van der Waals surface area contributed by atoms with Gasteiger partial charge in [0.2, 0.25) is 0 Å². The lowest BCUT2D eigenvalue weighted by Crippen LogP contribution is -2.23. The predicted molar refractivity (Wildman–Crippen MR) is 42.8 cm³/mol. The van der Waals surface area contributed by atoms with Gasteiger partial charge in [0.25, 0.3) is 0 Å². The molecule has 10 heavy (non-hydrogen) atoms. The van der Waals surface area contributed by atoms with Crippen LogP contribution >= 0.6 is 0 Å². The first-order chi connectivity index (χ1) is 4.77. The third-order valence-corrected chi connectivity index (χ3v) is 2.03. The van der Waals surface area contributed by atoms with Crippen LogP contribution in [0, 0.1) is 0 Å². The monoisotopic (exact) mass is 138 g/mol. The van der Waals surface area contributed by atoms with E-state index in [0.717, 1.165) is 25.7 Å². The Morgan fingerprint density at radius 1 is 1.30 bits per heavy atom. The summed E-state index contributed by atoms with van der Waals surface area (Å²) in [5.41, 5.74) is -0.594. The first-order valence-corrected chi connectivity index (χ1v) is 3.78. The topological polar surface area (TPSA) is 20.2 Å². The second kappa shape index (κ2) is 3.02. The molecule has 0 saturated heterocycles. The van der Waals surface area contributed by atoms with Gasteiger partial charge in [0.1, 0.15) is 0 Å². The van der Waals surface area contributed by atoms with E-state index in [1.54, 1.807) is 6.08 Å². The zero-order chi connectivity index (χ0) is 7.45. The average Bonchev–Trinajstić information content (AvgIpc) is 2.15. The van der Waals surface area contributed by atoms with E-state index in [2.05, 4.69) is 18.7 Å². The maximum absolute atomic E-state index is 9.70. The molecule has 0 bridgehead atoms. The van der Waals surface area contributed by atoms with Crippen LogP contribution in [0.25, 0.3) is 0 Å². The third kappa shape index (κ3) is 1.71. The van der Waals surface area contributed by atoms with Crippen LogP contribution in [0.4, 0.5) is 0 Å². The summed E-state index contributed by atoms with van der Waals surface area (Å²) < 4.78 is 0. The molecule has 56 valence electrons. The first kappa shape index (κ1) is 7.55. The fourth-order valence-corrected chi connectivity index (χ4v) is 1.23. The Labute approximate surface area is 62.1 Å². The Bertz CT molecular complexity index is 137. The maximum Gasteiger partial charge on any atom is 0.0831 e. The van der Waals surface area contributed by atoms with Gasteiger partial charge in [-0.2, -0.15) is 0 Å². The van der Waals surface area contributed by atoms with E-state index in [4.69, 9.17) is 0 Å². The summed E-state index contributed by atoms with van der Waals surface area (Å²) in [7, 11) is 0. The molecule has 1 aliphatic rings. The second-order valence-electron chi connectivity index (χ2n) is 2.86. The minimum Gasteiger partial charge on any atom is -0.386 e. The highest BCUT2D eigenvalue weighted by Crippen LogP contribution is 2.23. The molecule has 0 spiro atoms. The van der Waals surface area contributed by atoms with Crippen molar-refractivity contribution in [3.63, 3.8) is 0 Å². The molecule has 1 heteroatoms. The van der Waals surface area contributed by atoms with Crippen LogP contribution in [-0.2, 0) is 0 Å². The largest absolute Gasteiger partial charge is 0.386 e. The minimum absolute atomic E-state index is 0.594. The highest BCUT2D eigenvalue weighted by atomic mass is 16.3. The molecule has 0 amide bonds. The zero-order valence-corrected chi connectivity index (χ0v) is 6.21. The van der Waals surface area contributed by atoms with Gasteiger partial charge in [0.05, 0.1) is 5.60 Å². The Kier molecular flexibility index (Phi) is 2.28. The molecule has 0 aromatic rings. The van der Waals surface area contributed by atoms with Crippen LogP contribution in [0.2, 0.25) is 0 Å². The van der Waals surface area contributed by atoms with Gasteiger partial charge in [-0.1, -0.05) is 18.2 Å². The van der Waals surface area contributed by atoms with Gasteiger partial charge in [-0.3, -0.25) is 0 Å². The SMILES string of the molecule is C=CC1(O)CCC=CCC1. The minimum atomic E-state index is -0.594. The van der Waals surface area contributed by atoms with Gasteiger partial charge in [-0.25, -0.2) is 0 Å². The average molecular weight is 138 g/mol. The van der Waals surface area contributed by atoms with Gasteiger partial charge in [-0.15, -0.1) is 6.58 Å². The van der Waals surface area contributed by atoms with Crippen molar-refractivity contribution < 1.29 is 5.11 Å². The number of aliphatic hydroxyl groups is 1. The quantitative estimate of drug-likeness (QED) is 0.550. The molecule has 0 radical (unpaired) electrons. The molecule has 0 fully saturated rings. The van der Waals surface area contributed by atoms with Crippen LogP contribution in [0.15, 0.2) is 24.8 Å². The smallest absolute Gasteiger partial charge is 0.0831 e. The Hall–Kier alpha value is -0.560. The van der Waals surface area contributed by atoms with E-state index in [1.165, 1.54) is 0 Å². The predicted octanol–water partition coefficient (Wildman–Crippen LogP) is 2.03. The summed E-state index contributed by atoms with van der Waals surface area (Å²) in [6, 6.07) is 0. The van der Waals surface area contributed by atoms with E-state index in [-0.39, 0.29) is 0 Å². The molecule has 0 heterocycles.